The van der Waals surface area contributed by atoms with Gasteiger partial charge in [0.05, 0.1) is 12.6 Å². The number of carbonyl (C=O) groups excluding carboxylic acids is 1. The Bertz CT molecular complexity index is 307. The molecule has 1 aliphatic heterocycles. The van der Waals surface area contributed by atoms with E-state index in [-0.39, 0.29) is 12.0 Å². The lowest BCUT2D eigenvalue weighted by Crippen LogP contribution is -2.44. The van der Waals surface area contributed by atoms with Crippen molar-refractivity contribution in [1.82, 2.24) is 10.2 Å². The molecule has 1 saturated heterocycles. The third kappa shape index (κ3) is 3.93. The fourth-order valence-corrected chi connectivity index (χ4v) is 3.51. The van der Waals surface area contributed by atoms with Crippen LogP contribution in [0.15, 0.2) is 0 Å². The van der Waals surface area contributed by atoms with Gasteiger partial charge in [-0.3, -0.25) is 9.69 Å². The van der Waals surface area contributed by atoms with Crippen molar-refractivity contribution in [3.05, 3.63) is 0 Å². The molecule has 4 heteroatoms. The van der Waals surface area contributed by atoms with Crippen molar-refractivity contribution in [3.63, 3.8) is 0 Å². The molecule has 0 aromatic heterocycles. The second-order valence-corrected chi connectivity index (χ2v) is 6.54. The van der Waals surface area contributed by atoms with E-state index in [1.165, 1.54) is 0 Å². The molecule has 2 fully saturated rings. The number of aliphatic hydroxyl groups excluding tert-OH is 1. The van der Waals surface area contributed by atoms with Gasteiger partial charge in [-0.2, -0.15) is 0 Å². The highest BCUT2D eigenvalue weighted by Crippen LogP contribution is 2.35. The highest BCUT2D eigenvalue weighted by molar-refractivity contribution is 5.78. The van der Waals surface area contributed by atoms with Gasteiger partial charge in [0, 0.05) is 18.5 Å². The normalized spacial score (nSPS) is 32.1. The summed E-state index contributed by atoms with van der Waals surface area (Å²) in [6.07, 6.45) is 5.34. The molecular weight excluding hydrogens is 240 g/mol. The fourth-order valence-electron chi connectivity index (χ4n) is 3.51. The number of nitrogens with zero attached hydrogens (tertiary/aromatic N) is 1. The Labute approximate surface area is 116 Å². The molecule has 19 heavy (non-hydrogen) atoms. The van der Waals surface area contributed by atoms with Gasteiger partial charge in [0.1, 0.15) is 0 Å². The van der Waals surface area contributed by atoms with Crippen LogP contribution in [-0.2, 0) is 4.79 Å². The summed E-state index contributed by atoms with van der Waals surface area (Å²) < 4.78 is 0. The summed E-state index contributed by atoms with van der Waals surface area (Å²) in [4.78, 5) is 14.2. The van der Waals surface area contributed by atoms with E-state index in [1.54, 1.807) is 0 Å². The third-order valence-electron chi connectivity index (χ3n) is 4.49. The highest BCUT2D eigenvalue weighted by atomic mass is 16.3. The molecule has 3 atom stereocenters. The third-order valence-corrected chi connectivity index (χ3v) is 4.49. The van der Waals surface area contributed by atoms with Crippen LogP contribution in [0.2, 0.25) is 0 Å². The monoisotopic (exact) mass is 268 g/mol. The summed E-state index contributed by atoms with van der Waals surface area (Å²) in [6, 6.07) is 0.419. The van der Waals surface area contributed by atoms with Crippen LogP contribution in [0.4, 0.5) is 0 Å². The first-order valence-electron chi connectivity index (χ1n) is 7.76. The van der Waals surface area contributed by atoms with E-state index in [9.17, 15) is 9.90 Å². The molecule has 0 aromatic carbocycles. The second kappa shape index (κ2) is 6.71. The predicted molar refractivity (Wildman–Crippen MR) is 75.8 cm³/mol. The molecule has 4 nitrogen and oxygen atoms in total. The van der Waals surface area contributed by atoms with E-state index in [4.69, 9.17) is 0 Å². The van der Waals surface area contributed by atoms with Gasteiger partial charge in [0.15, 0.2) is 0 Å². The fraction of sp³-hybridized carbons (Fsp3) is 0.933. The Morgan fingerprint density at radius 3 is 2.74 bits per heavy atom. The second-order valence-electron chi connectivity index (χ2n) is 6.54. The summed E-state index contributed by atoms with van der Waals surface area (Å²) in [6.45, 7) is 6.47. The first-order chi connectivity index (χ1) is 9.08. The summed E-state index contributed by atoms with van der Waals surface area (Å²) in [5.74, 6) is 1.02. The van der Waals surface area contributed by atoms with Crippen molar-refractivity contribution in [1.29, 1.82) is 0 Å². The molecule has 1 heterocycles. The van der Waals surface area contributed by atoms with Crippen molar-refractivity contribution in [2.75, 3.05) is 19.6 Å². The molecule has 1 saturated carbocycles. The summed E-state index contributed by atoms with van der Waals surface area (Å²) in [5, 5.41) is 13.0. The zero-order chi connectivity index (χ0) is 13.8. The Morgan fingerprint density at radius 1 is 1.32 bits per heavy atom. The van der Waals surface area contributed by atoms with Crippen LogP contribution in [-0.4, -0.2) is 47.7 Å². The molecule has 0 aromatic rings. The first-order valence-corrected chi connectivity index (χ1v) is 7.76. The first kappa shape index (κ1) is 14.8. The number of likely N-dealkylation sites (tertiary alicyclic amines) is 1. The zero-order valence-corrected chi connectivity index (χ0v) is 12.3. The average Bonchev–Trinajstić information content (AvgIpc) is 2.95. The lowest BCUT2D eigenvalue weighted by atomic mass is 9.94. The minimum Gasteiger partial charge on any atom is -0.393 e. The molecule has 2 N–H and O–H groups in total. The highest BCUT2D eigenvalue weighted by Gasteiger charge is 2.38. The molecule has 1 amide bonds. The van der Waals surface area contributed by atoms with Crippen LogP contribution >= 0.6 is 0 Å². The number of nitrogens with one attached hydrogen (secondary N) is 1. The molecule has 2 rings (SSSR count). The Balaban J connectivity index is 1.83. The van der Waals surface area contributed by atoms with Gasteiger partial charge in [-0.25, -0.2) is 0 Å². The molecule has 0 radical (unpaired) electrons. The Hall–Kier alpha value is -0.610. The summed E-state index contributed by atoms with van der Waals surface area (Å²) in [7, 11) is 0. The van der Waals surface area contributed by atoms with Gasteiger partial charge < -0.3 is 10.4 Å². The predicted octanol–water partition coefficient (Wildman–Crippen LogP) is 1.38. The van der Waals surface area contributed by atoms with E-state index >= 15 is 0 Å². The maximum Gasteiger partial charge on any atom is 0.234 e. The zero-order valence-electron chi connectivity index (χ0n) is 12.3. The molecular formula is C15H28N2O2. The number of aliphatic hydroxyl groups is 1. The largest absolute Gasteiger partial charge is 0.393 e. The number of carbonyl (C=O) groups is 1. The van der Waals surface area contributed by atoms with Crippen molar-refractivity contribution >= 4 is 5.91 Å². The Kier molecular flexibility index (Phi) is 5.22. The quantitative estimate of drug-likeness (QED) is 0.792. The van der Waals surface area contributed by atoms with Crippen molar-refractivity contribution < 1.29 is 9.90 Å². The molecule has 1 aliphatic carbocycles. The van der Waals surface area contributed by atoms with Crippen LogP contribution in [0, 0.1) is 11.8 Å². The smallest absolute Gasteiger partial charge is 0.234 e. The van der Waals surface area contributed by atoms with E-state index in [1.807, 2.05) is 0 Å². The van der Waals surface area contributed by atoms with E-state index < -0.39 is 0 Å². The molecule has 3 unspecified atom stereocenters. The molecule has 2 aliphatic rings. The minimum absolute atomic E-state index is 0.132. The number of amides is 1. The number of hydrogen-bond acceptors (Lipinski definition) is 3. The Morgan fingerprint density at radius 2 is 2.11 bits per heavy atom. The van der Waals surface area contributed by atoms with Gasteiger partial charge in [-0.05, 0) is 38.1 Å². The maximum absolute atomic E-state index is 11.9. The molecule has 110 valence electrons. The van der Waals surface area contributed by atoms with Gasteiger partial charge in [-0.1, -0.05) is 20.3 Å². The number of hydrogen-bond donors (Lipinski definition) is 2. The standard InChI is InChI=1S/C15H28N2O2/c1-11(2)9-16-15(19)10-17-8-4-6-13(17)12-5-3-7-14(12)18/h11-14,18H,3-10H2,1-2H3,(H,16,19). The SMILES string of the molecule is CC(C)CNC(=O)CN1CCCC1C1CCCC1O. The van der Waals surface area contributed by atoms with Gasteiger partial charge in [0.25, 0.3) is 0 Å². The lowest BCUT2D eigenvalue weighted by molar-refractivity contribution is -0.123. The summed E-state index contributed by atoms with van der Waals surface area (Å²) >= 11 is 0. The molecule has 0 bridgehead atoms. The van der Waals surface area contributed by atoms with E-state index in [0.717, 1.165) is 45.2 Å². The van der Waals surface area contributed by atoms with E-state index in [2.05, 4.69) is 24.1 Å². The van der Waals surface area contributed by atoms with Crippen LogP contribution < -0.4 is 5.32 Å². The summed E-state index contributed by atoms with van der Waals surface area (Å²) in [5.41, 5.74) is 0. The van der Waals surface area contributed by atoms with Gasteiger partial charge in [-0.15, -0.1) is 0 Å². The van der Waals surface area contributed by atoms with Crippen LogP contribution in [0.25, 0.3) is 0 Å². The van der Waals surface area contributed by atoms with Crippen molar-refractivity contribution in [2.45, 2.75) is 58.1 Å². The van der Waals surface area contributed by atoms with Crippen LogP contribution in [0.3, 0.4) is 0 Å². The lowest BCUT2D eigenvalue weighted by Gasteiger charge is -2.30. The van der Waals surface area contributed by atoms with Crippen molar-refractivity contribution in [2.24, 2.45) is 11.8 Å². The van der Waals surface area contributed by atoms with Crippen LogP contribution in [0.5, 0.6) is 0 Å². The van der Waals surface area contributed by atoms with Gasteiger partial charge in [0.2, 0.25) is 5.91 Å². The maximum atomic E-state index is 11.9. The van der Waals surface area contributed by atoms with Gasteiger partial charge >= 0.3 is 0 Å². The molecule has 0 spiro atoms. The van der Waals surface area contributed by atoms with Crippen molar-refractivity contribution in [3.8, 4) is 0 Å². The van der Waals surface area contributed by atoms with Crippen LogP contribution in [0.1, 0.15) is 46.0 Å². The van der Waals surface area contributed by atoms with E-state index in [0.29, 0.717) is 24.4 Å². The average molecular weight is 268 g/mol. The number of rotatable bonds is 5. The minimum atomic E-state index is -0.149. The topological polar surface area (TPSA) is 52.6 Å².